The van der Waals surface area contributed by atoms with Gasteiger partial charge in [0.2, 0.25) is 0 Å². The van der Waals surface area contributed by atoms with Crippen LogP contribution in [0.3, 0.4) is 0 Å². The molecule has 3 aromatic carbocycles. The van der Waals surface area contributed by atoms with Crippen LogP contribution in [0.2, 0.25) is 5.02 Å². The van der Waals surface area contributed by atoms with Gasteiger partial charge in [-0.1, -0.05) is 41.9 Å². The smallest absolute Gasteiger partial charge is 0.282 e. The van der Waals surface area contributed by atoms with Gasteiger partial charge in [0.25, 0.3) is 11.8 Å². The lowest BCUT2D eigenvalue weighted by molar-refractivity contribution is -0.120. The molecule has 1 heterocycles. The molecule has 168 valence electrons. The third-order valence-corrected chi connectivity index (χ3v) is 5.80. The maximum absolute atomic E-state index is 13.6. The number of amides is 2. The fraction of sp³-hybridized carbons (Fsp3) is 0.185. The minimum Gasteiger partial charge on any atom is -0.491 e. The van der Waals surface area contributed by atoms with Crippen LogP contribution in [-0.4, -0.2) is 17.9 Å². The number of carbonyl (C=O) groups is 2. The zero-order valence-corrected chi connectivity index (χ0v) is 19.7. The van der Waals surface area contributed by atoms with Gasteiger partial charge in [0.05, 0.1) is 17.4 Å². The first kappa shape index (κ1) is 22.6. The highest BCUT2D eigenvalue weighted by Crippen LogP contribution is 2.35. The third-order valence-electron chi connectivity index (χ3n) is 5.39. The molecule has 1 aliphatic rings. The van der Waals surface area contributed by atoms with Crippen molar-refractivity contribution in [2.24, 2.45) is 0 Å². The van der Waals surface area contributed by atoms with Crippen LogP contribution in [0.1, 0.15) is 30.5 Å². The number of halogens is 1. The molecule has 4 rings (SSSR count). The summed E-state index contributed by atoms with van der Waals surface area (Å²) >= 11 is 6.29. The zero-order valence-electron chi connectivity index (χ0n) is 19.0. The van der Waals surface area contributed by atoms with Gasteiger partial charge in [-0.25, -0.2) is 4.90 Å². The predicted molar refractivity (Wildman–Crippen MR) is 133 cm³/mol. The first-order chi connectivity index (χ1) is 15.8. The summed E-state index contributed by atoms with van der Waals surface area (Å²) in [7, 11) is 0. The van der Waals surface area contributed by atoms with Crippen LogP contribution in [0.4, 0.5) is 11.4 Å². The van der Waals surface area contributed by atoms with Crippen LogP contribution in [0.5, 0.6) is 5.75 Å². The van der Waals surface area contributed by atoms with E-state index in [1.54, 1.807) is 42.5 Å². The van der Waals surface area contributed by atoms with Crippen LogP contribution in [-0.2, 0) is 9.59 Å². The summed E-state index contributed by atoms with van der Waals surface area (Å²) in [4.78, 5) is 28.4. The van der Waals surface area contributed by atoms with Gasteiger partial charge in [-0.15, -0.1) is 0 Å². The van der Waals surface area contributed by atoms with E-state index in [0.29, 0.717) is 33.3 Å². The molecule has 0 aromatic heterocycles. The van der Waals surface area contributed by atoms with Gasteiger partial charge < -0.3 is 10.1 Å². The summed E-state index contributed by atoms with van der Waals surface area (Å²) in [6, 6.07) is 19.9. The molecule has 0 unspecified atom stereocenters. The van der Waals surface area contributed by atoms with Crippen molar-refractivity contribution in [3.63, 3.8) is 0 Å². The molecule has 0 radical (unpaired) electrons. The predicted octanol–water partition coefficient (Wildman–Crippen LogP) is 6.14. The fourth-order valence-electron chi connectivity index (χ4n) is 3.76. The van der Waals surface area contributed by atoms with E-state index in [0.717, 1.165) is 11.1 Å². The van der Waals surface area contributed by atoms with Crippen molar-refractivity contribution in [2.75, 3.05) is 10.2 Å². The topological polar surface area (TPSA) is 58.6 Å². The molecular weight excluding hydrogens is 436 g/mol. The standard InChI is InChI=1S/C27H25ClN2O3/c1-16(2)33-21-13-11-19(12-14-21)24-25(29-23-10-6-9-22(28)18(23)4)27(32)30(26(24)31)20-8-5-7-17(3)15-20/h5-16,29H,1-4H3. The molecule has 0 saturated heterocycles. The Morgan fingerprint density at radius 1 is 0.909 bits per heavy atom. The second-order valence-corrected chi connectivity index (χ2v) is 8.67. The molecule has 3 aromatic rings. The normalized spacial score (nSPS) is 13.8. The van der Waals surface area contributed by atoms with Crippen LogP contribution >= 0.6 is 11.6 Å². The minimum atomic E-state index is -0.414. The van der Waals surface area contributed by atoms with E-state index in [-0.39, 0.29) is 17.7 Å². The van der Waals surface area contributed by atoms with Crippen molar-refractivity contribution in [3.05, 3.63) is 94.1 Å². The zero-order chi connectivity index (χ0) is 23.7. The molecule has 0 spiro atoms. The average Bonchev–Trinajstić information content (AvgIpc) is 3.01. The Kier molecular flexibility index (Phi) is 6.25. The molecule has 0 saturated carbocycles. The summed E-state index contributed by atoms with van der Waals surface area (Å²) in [5.41, 5.74) is 4.09. The maximum atomic E-state index is 13.6. The molecule has 2 amide bonds. The molecule has 6 heteroatoms. The minimum absolute atomic E-state index is 0.0320. The van der Waals surface area contributed by atoms with E-state index in [2.05, 4.69) is 5.32 Å². The Morgan fingerprint density at radius 3 is 2.27 bits per heavy atom. The second-order valence-electron chi connectivity index (χ2n) is 8.26. The molecule has 5 nitrogen and oxygen atoms in total. The van der Waals surface area contributed by atoms with E-state index in [4.69, 9.17) is 16.3 Å². The van der Waals surface area contributed by atoms with Crippen LogP contribution in [0.15, 0.2) is 72.4 Å². The Morgan fingerprint density at radius 2 is 1.61 bits per heavy atom. The highest BCUT2D eigenvalue weighted by atomic mass is 35.5. The Labute approximate surface area is 198 Å². The lowest BCUT2D eigenvalue weighted by Crippen LogP contribution is -2.32. The van der Waals surface area contributed by atoms with E-state index in [1.807, 2.05) is 52.0 Å². The highest BCUT2D eigenvalue weighted by Gasteiger charge is 2.40. The first-order valence-electron chi connectivity index (χ1n) is 10.7. The van der Waals surface area contributed by atoms with Gasteiger partial charge in [0.15, 0.2) is 0 Å². The number of hydrogen-bond donors (Lipinski definition) is 1. The number of nitrogens with zero attached hydrogens (tertiary/aromatic N) is 1. The van der Waals surface area contributed by atoms with Gasteiger partial charge in [-0.05, 0) is 80.8 Å². The quantitative estimate of drug-likeness (QED) is 0.449. The fourth-order valence-corrected chi connectivity index (χ4v) is 3.94. The van der Waals surface area contributed by atoms with E-state index >= 15 is 0 Å². The first-order valence-corrected chi connectivity index (χ1v) is 11.1. The van der Waals surface area contributed by atoms with Gasteiger partial charge in [0.1, 0.15) is 11.4 Å². The summed E-state index contributed by atoms with van der Waals surface area (Å²) < 4.78 is 5.73. The number of rotatable bonds is 6. The molecule has 0 fully saturated rings. The van der Waals surface area contributed by atoms with Crippen LogP contribution in [0.25, 0.3) is 5.57 Å². The number of hydrogen-bond acceptors (Lipinski definition) is 4. The molecule has 0 aliphatic carbocycles. The van der Waals surface area contributed by atoms with Crippen molar-refractivity contribution >= 4 is 40.4 Å². The van der Waals surface area contributed by atoms with E-state index < -0.39 is 5.91 Å². The molecule has 0 atom stereocenters. The third kappa shape index (κ3) is 4.50. The maximum Gasteiger partial charge on any atom is 0.282 e. The molecular formula is C27H25ClN2O3. The molecule has 0 bridgehead atoms. The lowest BCUT2D eigenvalue weighted by Gasteiger charge is -2.16. The number of aryl methyl sites for hydroxylation is 1. The van der Waals surface area contributed by atoms with Crippen molar-refractivity contribution in [1.29, 1.82) is 0 Å². The van der Waals surface area contributed by atoms with Crippen molar-refractivity contribution in [2.45, 2.75) is 33.8 Å². The number of nitrogens with one attached hydrogen (secondary N) is 1. The largest absolute Gasteiger partial charge is 0.491 e. The van der Waals surface area contributed by atoms with Crippen molar-refractivity contribution < 1.29 is 14.3 Å². The number of carbonyl (C=O) groups excluding carboxylic acids is 2. The number of ether oxygens (including phenoxy) is 1. The van der Waals surface area contributed by atoms with Crippen molar-refractivity contribution in [1.82, 2.24) is 0 Å². The summed E-state index contributed by atoms with van der Waals surface area (Å²) in [6.45, 7) is 7.68. The Hall–Kier alpha value is -3.57. The second kappa shape index (κ2) is 9.12. The van der Waals surface area contributed by atoms with Gasteiger partial charge in [-0.2, -0.15) is 0 Å². The molecule has 1 N–H and O–H groups in total. The van der Waals surface area contributed by atoms with E-state index in [9.17, 15) is 9.59 Å². The van der Waals surface area contributed by atoms with Crippen LogP contribution < -0.4 is 15.0 Å². The van der Waals surface area contributed by atoms with E-state index in [1.165, 1.54) is 4.90 Å². The monoisotopic (exact) mass is 460 g/mol. The molecule has 33 heavy (non-hydrogen) atoms. The number of anilines is 2. The number of imide groups is 1. The Bertz CT molecular complexity index is 1260. The van der Waals surface area contributed by atoms with Crippen molar-refractivity contribution in [3.8, 4) is 5.75 Å². The summed E-state index contributed by atoms with van der Waals surface area (Å²) in [5.74, 6) is -0.102. The lowest BCUT2D eigenvalue weighted by atomic mass is 10.0. The van der Waals surface area contributed by atoms with Gasteiger partial charge in [0, 0.05) is 10.7 Å². The summed E-state index contributed by atoms with van der Waals surface area (Å²) in [6.07, 6.45) is 0.0320. The van der Waals surface area contributed by atoms with Gasteiger partial charge >= 0.3 is 0 Å². The van der Waals surface area contributed by atoms with Crippen LogP contribution in [0, 0.1) is 13.8 Å². The number of benzene rings is 3. The summed E-state index contributed by atoms with van der Waals surface area (Å²) in [5, 5.41) is 3.77. The Balaban J connectivity index is 1.81. The van der Waals surface area contributed by atoms with Gasteiger partial charge in [-0.3, -0.25) is 9.59 Å². The highest BCUT2D eigenvalue weighted by molar-refractivity contribution is 6.46. The average molecular weight is 461 g/mol. The molecule has 1 aliphatic heterocycles. The SMILES string of the molecule is Cc1cccc(N2C(=O)C(Nc3cccc(Cl)c3C)=C(c3ccc(OC(C)C)cc3)C2=O)c1.